The van der Waals surface area contributed by atoms with Gasteiger partial charge in [-0.05, 0) is 30.2 Å². The lowest BCUT2D eigenvalue weighted by Crippen LogP contribution is -2.31. The van der Waals surface area contributed by atoms with Gasteiger partial charge in [-0.3, -0.25) is 4.90 Å². The third-order valence-electron chi connectivity index (χ3n) is 4.80. The second kappa shape index (κ2) is 6.33. The van der Waals surface area contributed by atoms with Gasteiger partial charge in [0.1, 0.15) is 12.2 Å². The van der Waals surface area contributed by atoms with Crippen molar-refractivity contribution in [2.24, 2.45) is 0 Å². The Balaban J connectivity index is 1.61. The molecule has 7 heteroatoms. The van der Waals surface area contributed by atoms with Crippen molar-refractivity contribution >= 4 is 16.9 Å². The highest BCUT2D eigenvalue weighted by Gasteiger charge is 2.22. The smallest absolute Gasteiger partial charge is 0.335 e. The molecule has 130 valence electrons. The number of fused-ring (bicyclic) bond motifs is 3. The molecule has 1 aliphatic rings. The first-order chi connectivity index (χ1) is 12.2. The molecule has 3 aromatic rings. The molecule has 7 nitrogen and oxygen atoms in total. The van der Waals surface area contributed by atoms with Crippen LogP contribution in [0.5, 0.6) is 0 Å². The molecule has 0 fully saturated rings. The molecule has 2 N–H and O–H groups in total. The summed E-state index contributed by atoms with van der Waals surface area (Å²) in [5, 5.41) is 14.6. The highest BCUT2D eigenvalue weighted by atomic mass is 16.4. The molecule has 1 aromatic carbocycles. The summed E-state index contributed by atoms with van der Waals surface area (Å²) in [5.74, 6) is 0.0912. The van der Waals surface area contributed by atoms with Gasteiger partial charge >= 0.3 is 5.97 Å². The van der Waals surface area contributed by atoms with Gasteiger partial charge in [0.2, 0.25) is 0 Å². The van der Waals surface area contributed by atoms with E-state index >= 15 is 0 Å². The van der Waals surface area contributed by atoms with E-state index in [-0.39, 0.29) is 0 Å². The van der Waals surface area contributed by atoms with Gasteiger partial charge in [0.15, 0.2) is 0 Å². The third-order valence-corrected chi connectivity index (χ3v) is 4.80. The van der Waals surface area contributed by atoms with Gasteiger partial charge in [0.05, 0.1) is 12.1 Å². The molecule has 3 heterocycles. The maximum Gasteiger partial charge on any atom is 0.335 e. The van der Waals surface area contributed by atoms with Crippen molar-refractivity contribution in [1.29, 1.82) is 0 Å². The van der Waals surface area contributed by atoms with Gasteiger partial charge in [-0.2, -0.15) is 5.10 Å². The quantitative estimate of drug-likeness (QED) is 0.745. The van der Waals surface area contributed by atoms with Gasteiger partial charge in [-0.25, -0.2) is 14.5 Å². The summed E-state index contributed by atoms with van der Waals surface area (Å²) in [6.07, 6.45) is 3.57. The van der Waals surface area contributed by atoms with Crippen LogP contribution in [-0.2, 0) is 26.1 Å². The summed E-state index contributed by atoms with van der Waals surface area (Å²) in [6.45, 7) is 5.50. The molecule has 0 saturated carbocycles. The molecule has 1 aliphatic heterocycles. The zero-order valence-electron chi connectivity index (χ0n) is 14.2. The molecule has 0 spiro atoms. The molecule has 0 radical (unpaired) electrons. The normalized spacial score (nSPS) is 14.8. The average molecular weight is 339 g/mol. The van der Waals surface area contributed by atoms with Gasteiger partial charge in [0.25, 0.3) is 0 Å². The lowest BCUT2D eigenvalue weighted by atomic mass is 10.0. The van der Waals surface area contributed by atoms with Crippen molar-refractivity contribution in [2.45, 2.75) is 39.4 Å². The van der Waals surface area contributed by atoms with Crippen molar-refractivity contribution < 1.29 is 9.90 Å². The number of benzene rings is 1. The lowest BCUT2D eigenvalue weighted by molar-refractivity contribution is 0.0697. The summed E-state index contributed by atoms with van der Waals surface area (Å²) in [6, 6.07) is 5.28. The second-order valence-corrected chi connectivity index (χ2v) is 6.51. The van der Waals surface area contributed by atoms with E-state index in [0.29, 0.717) is 5.56 Å². The highest BCUT2D eigenvalue weighted by Crippen LogP contribution is 2.29. The van der Waals surface area contributed by atoms with Crippen LogP contribution in [0.25, 0.3) is 10.9 Å². The van der Waals surface area contributed by atoms with E-state index in [1.54, 1.807) is 18.5 Å². The SMILES string of the molecule is CCCn1ncnc1CN1CCc2[nH]c3ccc(C(=O)O)cc3c2C1. The number of hydrogen-bond acceptors (Lipinski definition) is 4. The minimum atomic E-state index is -0.891. The Labute approximate surface area is 145 Å². The van der Waals surface area contributed by atoms with Crippen molar-refractivity contribution in [3.05, 3.63) is 47.2 Å². The molecule has 25 heavy (non-hydrogen) atoms. The van der Waals surface area contributed by atoms with Crippen LogP contribution in [0.3, 0.4) is 0 Å². The Morgan fingerprint density at radius 2 is 2.28 bits per heavy atom. The molecule has 0 atom stereocenters. The van der Waals surface area contributed by atoms with Crippen LogP contribution in [0, 0.1) is 0 Å². The van der Waals surface area contributed by atoms with Crippen LogP contribution in [0.1, 0.15) is 40.8 Å². The maximum absolute atomic E-state index is 11.3. The second-order valence-electron chi connectivity index (χ2n) is 6.51. The van der Waals surface area contributed by atoms with Crippen LogP contribution < -0.4 is 0 Å². The van der Waals surface area contributed by atoms with Crippen LogP contribution in [-0.4, -0.2) is 42.3 Å². The number of carboxylic acid groups (broad SMARTS) is 1. The first kappa shape index (κ1) is 15.8. The number of aromatic amines is 1. The molecule has 0 amide bonds. The molecule has 0 unspecified atom stereocenters. The molecule has 0 saturated heterocycles. The number of H-pyrrole nitrogens is 1. The molecule has 4 rings (SSSR count). The molecule has 0 bridgehead atoms. The molecular weight excluding hydrogens is 318 g/mol. The van der Waals surface area contributed by atoms with Crippen molar-refractivity contribution in [3.63, 3.8) is 0 Å². The summed E-state index contributed by atoms with van der Waals surface area (Å²) in [4.78, 5) is 21.5. The largest absolute Gasteiger partial charge is 0.478 e. The fraction of sp³-hybridized carbons (Fsp3) is 0.389. The Morgan fingerprint density at radius 3 is 3.08 bits per heavy atom. The van der Waals surface area contributed by atoms with Crippen molar-refractivity contribution in [2.75, 3.05) is 6.54 Å². The Bertz CT molecular complexity index is 927. The zero-order valence-corrected chi connectivity index (χ0v) is 14.2. The van der Waals surface area contributed by atoms with Crippen LogP contribution in [0.2, 0.25) is 0 Å². The monoisotopic (exact) mass is 339 g/mol. The summed E-state index contributed by atoms with van der Waals surface area (Å²) < 4.78 is 1.97. The highest BCUT2D eigenvalue weighted by molar-refractivity contribution is 5.95. The first-order valence-corrected chi connectivity index (χ1v) is 8.61. The number of aromatic nitrogens is 4. The number of nitrogens with one attached hydrogen (secondary N) is 1. The van der Waals surface area contributed by atoms with E-state index in [0.717, 1.165) is 55.7 Å². The van der Waals surface area contributed by atoms with Gasteiger partial charge in [0, 0.05) is 42.7 Å². The Kier molecular flexibility index (Phi) is 4.01. The summed E-state index contributed by atoms with van der Waals surface area (Å²) in [5.41, 5.74) is 3.75. The van der Waals surface area contributed by atoms with E-state index in [1.165, 1.54) is 11.3 Å². The minimum absolute atomic E-state index is 0.328. The van der Waals surface area contributed by atoms with Crippen LogP contribution in [0.4, 0.5) is 0 Å². The van der Waals surface area contributed by atoms with Gasteiger partial charge in [-0.15, -0.1) is 0 Å². The van der Waals surface area contributed by atoms with Crippen LogP contribution in [0.15, 0.2) is 24.5 Å². The minimum Gasteiger partial charge on any atom is -0.478 e. The maximum atomic E-state index is 11.3. The Hall–Kier alpha value is -2.67. The fourth-order valence-corrected chi connectivity index (χ4v) is 3.55. The fourth-order valence-electron chi connectivity index (χ4n) is 3.55. The third kappa shape index (κ3) is 2.91. The van der Waals surface area contributed by atoms with E-state index < -0.39 is 5.97 Å². The predicted octanol–water partition coefficient (Wildman–Crippen LogP) is 2.43. The summed E-state index contributed by atoms with van der Waals surface area (Å²) >= 11 is 0. The molecular formula is C18H21N5O2. The number of aryl methyl sites for hydroxylation is 1. The molecule has 2 aromatic heterocycles. The standard InChI is InChI=1S/C18H21N5O2/c1-2-6-23-17(19-11-20-23)10-22-7-5-16-14(9-22)13-8-12(18(24)25)3-4-15(13)21-16/h3-4,8,11,21H,2,5-7,9-10H2,1H3,(H,24,25). The number of hydrogen-bond donors (Lipinski definition) is 2. The van der Waals surface area contributed by atoms with Crippen molar-refractivity contribution in [3.8, 4) is 0 Å². The topological polar surface area (TPSA) is 87.0 Å². The van der Waals surface area contributed by atoms with Gasteiger partial charge in [-0.1, -0.05) is 6.92 Å². The van der Waals surface area contributed by atoms with E-state index in [9.17, 15) is 9.90 Å². The van der Waals surface area contributed by atoms with Crippen molar-refractivity contribution in [1.82, 2.24) is 24.6 Å². The summed E-state index contributed by atoms with van der Waals surface area (Å²) in [7, 11) is 0. The number of rotatable bonds is 5. The average Bonchev–Trinajstić information content (AvgIpc) is 3.19. The number of nitrogens with zero attached hydrogens (tertiary/aromatic N) is 4. The number of aromatic carboxylic acids is 1. The number of carboxylic acids is 1. The van der Waals surface area contributed by atoms with E-state index in [2.05, 4.69) is 26.9 Å². The van der Waals surface area contributed by atoms with Crippen LogP contribution >= 0.6 is 0 Å². The van der Waals surface area contributed by atoms with E-state index in [4.69, 9.17) is 0 Å². The predicted molar refractivity (Wildman–Crippen MR) is 93.4 cm³/mol. The number of carbonyl (C=O) groups is 1. The Morgan fingerprint density at radius 1 is 1.40 bits per heavy atom. The first-order valence-electron chi connectivity index (χ1n) is 8.61. The zero-order chi connectivity index (χ0) is 17.4. The van der Waals surface area contributed by atoms with E-state index in [1.807, 2.05) is 10.7 Å². The molecule has 0 aliphatic carbocycles. The lowest BCUT2D eigenvalue weighted by Gasteiger charge is -2.26. The van der Waals surface area contributed by atoms with Gasteiger partial charge < -0.3 is 10.1 Å².